The van der Waals surface area contributed by atoms with E-state index in [0.29, 0.717) is 23.3 Å². The van der Waals surface area contributed by atoms with E-state index >= 15 is 0 Å². The maximum absolute atomic E-state index is 11.4. The van der Waals surface area contributed by atoms with Crippen molar-refractivity contribution in [3.05, 3.63) is 42.6 Å². The second-order valence-corrected chi connectivity index (χ2v) is 3.89. The Morgan fingerprint density at radius 3 is 2.68 bits per heavy atom. The van der Waals surface area contributed by atoms with Crippen LogP contribution in [0, 0.1) is 0 Å². The zero-order chi connectivity index (χ0) is 14.0. The second kappa shape index (κ2) is 4.85. The van der Waals surface area contributed by atoms with Crippen LogP contribution in [0.25, 0.3) is 10.9 Å². The Kier molecular flexibility index (Phi) is 3.24. The van der Waals surface area contributed by atoms with Gasteiger partial charge in [-0.15, -0.1) is 0 Å². The van der Waals surface area contributed by atoms with E-state index in [1.165, 1.54) is 10.8 Å². The zero-order valence-electron chi connectivity index (χ0n) is 10.1. The third-order valence-electron chi connectivity index (χ3n) is 2.65. The first-order chi connectivity index (χ1) is 9.04. The third kappa shape index (κ3) is 2.28. The molecule has 6 nitrogen and oxygen atoms in total. The number of hydrogen-bond donors (Lipinski definition) is 2. The van der Waals surface area contributed by atoms with E-state index in [9.17, 15) is 9.59 Å². The van der Waals surface area contributed by atoms with Crippen LogP contribution in [0.1, 0.15) is 10.4 Å². The van der Waals surface area contributed by atoms with Crippen molar-refractivity contribution in [2.75, 3.05) is 6.61 Å². The van der Waals surface area contributed by atoms with Crippen LogP contribution in [0.2, 0.25) is 0 Å². The highest BCUT2D eigenvalue weighted by Gasteiger charge is 2.15. The molecule has 0 aliphatic heterocycles. The standard InChI is InChI=1S/C13H13N3O3/c1-2-5-19-8-3-4-11-9(6-8)10(12(14)17)7-16(11)13(15)18/h2-4,6-7H,1,5H2,(H2,14,17)(H2,15,18). The molecule has 1 aromatic heterocycles. The normalized spacial score (nSPS) is 10.3. The van der Waals surface area contributed by atoms with Crippen LogP contribution >= 0.6 is 0 Å². The Labute approximate surface area is 109 Å². The van der Waals surface area contributed by atoms with Crippen molar-refractivity contribution in [2.45, 2.75) is 0 Å². The number of rotatable bonds is 4. The number of carbonyl (C=O) groups excluding carboxylic acids is 2. The summed E-state index contributed by atoms with van der Waals surface area (Å²) in [4.78, 5) is 22.7. The monoisotopic (exact) mass is 259 g/mol. The number of aromatic nitrogens is 1. The summed E-state index contributed by atoms with van der Waals surface area (Å²) < 4.78 is 6.55. The minimum atomic E-state index is -0.683. The molecule has 0 fully saturated rings. The van der Waals surface area contributed by atoms with Crippen molar-refractivity contribution < 1.29 is 14.3 Å². The highest BCUT2D eigenvalue weighted by molar-refractivity contribution is 6.08. The van der Waals surface area contributed by atoms with Crippen LogP contribution in [0.5, 0.6) is 5.75 Å². The smallest absolute Gasteiger partial charge is 0.323 e. The van der Waals surface area contributed by atoms with Gasteiger partial charge in [0.05, 0.1) is 11.1 Å². The van der Waals surface area contributed by atoms with Gasteiger partial charge in [-0.1, -0.05) is 12.7 Å². The van der Waals surface area contributed by atoms with Gasteiger partial charge in [-0.05, 0) is 18.2 Å². The Balaban J connectivity index is 2.62. The van der Waals surface area contributed by atoms with Crippen LogP contribution in [0.3, 0.4) is 0 Å². The van der Waals surface area contributed by atoms with Crippen LogP contribution in [-0.4, -0.2) is 23.1 Å². The van der Waals surface area contributed by atoms with E-state index in [2.05, 4.69) is 6.58 Å². The maximum Gasteiger partial charge on any atom is 0.323 e. The molecular weight excluding hydrogens is 246 g/mol. The van der Waals surface area contributed by atoms with E-state index in [0.717, 1.165) is 0 Å². The van der Waals surface area contributed by atoms with Gasteiger partial charge in [0.15, 0.2) is 0 Å². The lowest BCUT2D eigenvalue weighted by Gasteiger charge is -2.04. The summed E-state index contributed by atoms with van der Waals surface area (Å²) in [5.74, 6) is -0.0806. The molecule has 98 valence electrons. The number of nitrogens with zero attached hydrogens (tertiary/aromatic N) is 1. The van der Waals surface area contributed by atoms with Crippen molar-refractivity contribution in [3.63, 3.8) is 0 Å². The molecule has 0 aliphatic carbocycles. The maximum atomic E-state index is 11.4. The molecule has 1 heterocycles. The summed E-state index contributed by atoms with van der Waals surface area (Å²) in [5.41, 5.74) is 11.2. The molecule has 2 rings (SSSR count). The molecule has 2 aromatic rings. The Morgan fingerprint density at radius 2 is 2.11 bits per heavy atom. The predicted octanol–water partition coefficient (Wildman–Crippen LogP) is 1.23. The van der Waals surface area contributed by atoms with Crippen molar-refractivity contribution in [2.24, 2.45) is 11.5 Å². The van der Waals surface area contributed by atoms with Gasteiger partial charge in [-0.2, -0.15) is 0 Å². The molecule has 6 heteroatoms. The molecule has 0 bridgehead atoms. The summed E-state index contributed by atoms with van der Waals surface area (Å²) in [6.45, 7) is 3.89. The highest BCUT2D eigenvalue weighted by Crippen LogP contribution is 2.25. The molecule has 0 saturated heterocycles. The molecule has 0 unspecified atom stereocenters. The minimum Gasteiger partial charge on any atom is -0.490 e. The van der Waals surface area contributed by atoms with E-state index in [1.54, 1.807) is 24.3 Å². The fourth-order valence-corrected chi connectivity index (χ4v) is 1.83. The molecule has 0 radical (unpaired) electrons. The number of amides is 2. The molecule has 0 aliphatic rings. The van der Waals surface area contributed by atoms with Gasteiger partial charge in [0.25, 0.3) is 5.91 Å². The summed E-state index contributed by atoms with van der Waals surface area (Å²) >= 11 is 0. The largest absolute Gasteiger partial charge is 0.490 e. The SMILES string of the molecule is C=CCOc1ccc2c(c1)c(C(N)=O)cn2C(N)=O. The number of primary amides is 2. The lowest BCUT2D eigenvalue weighted by atomic mass is 10.1. The van der Waals surface area contributed by atoms with E-state index in [1.807, 2.05) is 0 Å². The van der Waals surface area contributed by atoms with Gasteiger partial charge >= 0.3 is 6.03 Å². The lowest BCUT2D eigenvalue weighted by Crippen LogP contribution is -2.18. The first kappa shape index (κ1) is 12.7. The number of fused-ring (bicyclic) bond motifs is 1. The van der Waals surface area contributed by atoms with Crippen LogP contribution in [-0.2, 0) is 0 Å². The Hall–Kier alpha value is -2.76. The number of hydrogen-bond acceptors (Lipinski definition) is 3. The number of ether oxygens (including phenoxy) is 1. The summed E-state index contributed by atoms with van der Waals surface area (Å²) in [5, 5.41) is 0.521. The molecular formula is C13H13N3O3. The van der Waals surface area contributed by atoms with Crippen molar-refractivity contribution in [1.29, 1.82) is 0 Å². The average Bonchev–Trinajstić information content (AvgIpc) is 2.75. The molecule has 4 N–H and O–H groups in total. The Morgan fingerprint density at radius 1 is 1.37 bits per heavy atom. The fourth-order valence-electron chi connectivity index (χ4n) is 1.83. The van der Waals surface area contributed by atoms with Crippen molar-refractivity contribution >= 4 is 22.8 Å². The van der Waals surface area contributed by atoms with Gasteiger partial charge < -0.3 is 16.2 Å². The Bertz CT molecular complexity index is 673. The molecule has 0 saturated carbocycles. The van der Waals surface area contributed by atoms with Crippen molar-refractivity contribution in [1.82, 2.24) is 4.57 Å². The fraction of sp³-hybridized carbons (Fsp3) is 0.0769. The van der Waals surface area contributed by atoms with Crippen LogP contribution in [0.15, 0.2) is 37.1 Å². The first-order valence-electron chi connectivity index (χ1n) is 5.53. The lowest BCUT2D eigenvalue weighted by molar-refractivity contribution is 0.100. The third-order valence-corrected chi connectivity index (χ3v) is 2.65. The summed E-state index contributed by atoms with van der Waals surface area (Å²) in [7, 11) is 0. The molecule has 1 aromatic carbocycles. The van der Waals surface area contributed by atoms with Gasteiger partial charge in [-0.25, -0.2) is 4.79 Å². The molecule has 2 amide bonds. The van der Waals surface area contributed by atoms with Gasteiger partial charge in [0.2, 0.25) is 0 Å². The minimum absolute atomic E-state index is 0.220. The highest BCUT2D eigenvalue weighted by atomic mass is 16.5. The summed E-state index contributed by atoms with van der Waals surface area (Å²) in [6, 6.07) is 4.27. The topological polar surface area (TPSA) is 100 Å². The molecule has 0 atom stereocenters. The van der Waals surface area contributed by atoms with Gasteiger partial charge in [-0.3, -0.25) is 9.36 Å². The zero-order valence-corrected chi connectivity index (χ0v) is 10.1. The predicted molar refractivity (Wildman–Crippen MR) is 71.1 cm³/mol. The number of carbonyl (C=O) groups is 2. The second-order valence-electron chi connectivity index (χ2n) is 3.89. The van der Waals surface area contributed by atoms with Gasteiger partial charge in [0.1, 0.15) is 12.4 Å². The number of benzene rings is 1. The van der Waals surface area contributed by atoms with Crippen molar-refractivity contribution in [3.8, 4) is 5.75 Å². The molecule has 19 heavy (non-hydrogen) atoms. The number of nitrogens with two attached hydrogens (primary N) is 2. The quantitative estimate of drug-likeness (QED) is 0.807. The average molecular weight is 259 g/mol. The van der Waals surface area contributed by atoms with Crippen LogP contribution < -0.4 is 16.2 Å². The summed E-state index contributed by atoms with van der Waals surface area (Å²) in [6.07, 6.45) is 2.93. The van der Waals surface area contributed by atoms with E-state index in [-0.39, 0.29) is 5.56 Å². The van der Waals surface area contributed by atoms with Crippen LogP contribution in [0.4, 0.5) is 4.79 Å². The van der Waals surface area contributed by atoms with E-state index in [4.69, 9.17) is 16.2 Å². The van der Waals surface area contributed by atoms with Gasteiger partial charge in [0, 0.05) is 11.6 Å². The molecule has 0 spiro atoms. The first-order valence-corrected chi connectivity index (χ1v) is 5.53. The van der Waals surface area contributed by atoms with E-state index < -0.39 is 11.9 Å².